The number of nitrogens with one attached hydrogen (secondary N) is 1. The van der Waals surface area contributed by atoms with Crippen molar-refractivity contribution in [2.24, 2.45) is 0 Å². The summed E-state index contributed by atoms with van der Waals surface area (Å²) in [4.78, 5) is 17.3. The molecule has 5 heteroatoms. The van der Waals surface area contributed by atoms with Crippen LogP contribution in [0.4, 0.5) is 11.5 Å². The van der Waals surface area contributed by atoms with Crippen LogP contribution in [0.1, 0.15) is 6.92 Å². The zero-order chi connectivity index (χ0) is 11.4. The van der Waals surface area contributed by atoms with E-state index in [1.165, 1.54) is 0 Å². The molecule has 1 N–H and O–H groups in total. The lowest BCUT2D eigenvalue weighted by Crippen LogP contribution is -2.20. The van der Waals surface area contributed by atoms with Crippen molar-refractivity contribution in [3.8, 4) is 0 Å². The number of rotatable bonds is 3. The third-order valence-corrected chi connectivity index (χ3v) is 2.03. The minimum atomic E-state index is -0.543. The summed E-state index contributed by atoms with van der Waals surface area (Å²) in [7, 11) is 3.81. The largest absolute Gasteiger partial charge is 0.363 e. The minimum Gasteiger partial charge on any atom is -0.363 e. The van der Waals surface area contributed by atoms with Gasteiger partial charge in [0.1, 0.15) is 11.2 Å². The van der Waals surface area contributed by atoms with Crippen LogP contribution in [-0.2, 0) is 4.79 Å². The number of aromatic nitrogens is 1. The summed E-state index contributed by atoms with van der Waals surface area (Å²) in [6.45, 7) is 1.62. The van der Waals surface area contributed by atoms with E-state index in [1.54, 1.807) is 19.2 Å². The van der Waals surface area contributed by atoms with Crippen LogP contribution >= 0.6 is 11.6 Å². The van der Waals surface area contributed by atoms with Gasteiger partial charge in [0.2, 0.25) is 5.91 Å². The van der Waals surface area contributed by atoms with Gasteiger partial charge in [-0.15, -0.1) is 11.6 Å². The Hall–Kier alpha value is -1.29. The van der Waals surface area contributed by atoms with E-state index in [4.69, 9.17) is 11.6 Å². The van der Waals surface area contributed by atoms with Gasteiger partial charge in [-0.1, -0.05) is 0 Å². The predicted molar refractivity (Wildman–Crippen MR) is 62.5 cm³/mol. The Kier molecular flexibility index (Phi) is 3.91. The van der Waals surface area contributed by atoms with Gasteiger partial charge in [0.15, 0.2) is 0 Å². The fourth-order valence-corrected chi connectivity index (χ4v) is 1.02. The van der Waals surface area contributed by atoms with E-state index in [-0.39, 0.29) is 5.91 Å². The van der Waals surface area contributed by atoms with Crippen LogP contribution in [-0.4, -0.2) is 30.4 Å². The van der Waals surface area contributed by atoms with Gasteiger partial charge in [0, 0.05) is 14.1 Å². The molecule has 1 aromatic heterocycles. The van der Waals surface area contributed by atoms with Gasteiger partial charge in [0.05, 0.1) is 11.9 Å². The Morgan fingerprint density at radius 3 is 2.60 bits per heavy atom. The average molecular weight is 228 g/mol. The molecule has 0 spiro atoms. The van der Waals surface area contributed by atoms with Crippen LogP contribution in [0.2, 0.25) is 0 Å². The minimum absolute atomic E-state index is 0.226. The molecule has 4 nitrogen and oxygen atoms in total. The standard InChI is InChI=1S/C10H14ClN3O/c1-7(11)10(15)13-8-4-5-9(12-6-8)14(2)3/h4-7H,1-3H3,(H,13,15). The van der Waals surface area contributed by atoms with Crippen molar-refractivity contribution < 1.29 is 4.79 Å². The van der Waals surface area contributed by atoms with Crippen LogP contribution in [0.15, 0.2) is 18.3 Å². The fourth-order valence-electron chi connectivity index (χ4n) is 0.966. The Bertz CT molecular complexity index is 335. The molecule has 0 saturated carbocycles. The molecule has 0 aromatic carbocycles. The highest BCUT2D eigenvalue weighted by atomic mass is 35.5. The quantitative estimate of drug-likeness (QED) is 0.800. The Labute approximate surface area is 94.3 Å². The van der Waals surface area contributed by atoms with Gasteiger partial charge in [0.25, 0.3) is 0 Å². The second-order valence-corrected chi connectivity index (χ2v) is 4.06. The third kappa shape index (κ3) is 3.40. The molecule has 0 saturated heterocycles. The number of halogens is 1. The van der Waals surface area contributed by atoms with E-state index < -0.39 is 5.38 Å². The second kappa shape index (κ2) is 4.98. The van der Waals surface area contributed by atoms with Crippen LogP contribution < -0.4 is 10.2 Å². The predicted octanol–water partition coefficient (Wildman–Crippen LogP) is 1.71. The van der Waals surface area contributed by atoms with Crippen molar-refractivity contribution >= 4 is 29.0 Å². The van der Waals surface area contributed by atoms with Crippen molar-refractivity contribution in [2.45, 2.75) is 12.3 Å². The summed E-state index contributed by atoms with van der Waals surface area (Å²) < 4.78 is 0. The van der Waals surface area contributed by atoms with E-state index in [9.17, 15) is 4.79 Å². The summed E-state index contributed by atoms with van der Waals surface area (Å²) >= 11 is 5.62. The van der Waals surface area contributed by atoms with E-state index in [2.05, 4.69) is 10.3 Å². The molecule has 1 heterocycles. The first-order valence-corrected chi connectivity index (χ1v) is 5.02. The topological polar surface area (TPSA) is 45.2 Å². The van der Waals surface area contributed by atoms with Crippen molar-refractivity contribution in [2.75, 3.05) is 24.3 Å². The smallest absolute Gasteiger partial charge is 0.242 e. The van der Waals surface area contributed by atoms with Crippen molar-refractivity contribution in [3.05, 3.63) is 18.3 Å². The fraction of sp³-hybridized carbons (Fsp3) is 0.400. The summed E-state index contributed by atoms with van der Waals surface area (Å²) in [5.74, 6) is 0.614. The summed E-state index contributed by atoms with van der Waals surface area (Å²) in [5.41, 5.74) is 0.651. The van der Waals surface area contributed by atoms with Gasteiger partial charge in [-0.25, -0.2) is 4.98 Å². The van der Waals surface area contributed by atoms with E-state index >= 15 is 0 Å². The van der Waals surface area contributed by atoms with Gasteiger partial charge >= 0.3 is 0 Å². The number of hydrogen-bond acceptors (Lipinski definition) is 3. The lowest BCUT2D eigenvalue weighted by atomic mass is 10.3. The number of carbonyl (C=O) groups excluding carboxylic acids is 1. The number of hydrogen-bond donors (Lipinski definition) is 1. The molecule has 1 aromatic rings. The molecule has 0 aliphatic carbocycles. The zero-order valence-electron chi connectivity index (χ0n) is 8.99. The highest BCUT2D eigenvalue weighted by Gasteiger charge is 2.09. The molecule has 1 unspecified atom stereocenters. The maximum atomic E-state index is 11.2. The maximum Gasteiger partial charge on any atom is 0.242 e. The molecule has 15 heavy (non-hydrogen) atoms. The van der Waals surface area contributed by atoms with Crippen LogP contribution in [0.3, 0.4) is 0 Å². The highest BCUT2D eigenvalue weighted by Crippen LogP contribution is 2.12. The summed E-state index contributed by atoms with van der Waals surface area (Å²) in [5, 5.41) is 2.11. The Morgan fingerprint density at radius 1 is 1.53 bits per heavy atom. The molecule has 0 aliphatic heterocycles. The van der Waals surface area contributed by atoms with Crippen molar-refractivity contribution in [1.82, 2.24) is 4.98 Å². The first-order chi connectivity index (χ1) is 7.00. The molecule has 0 radical (unpaired) electrons. The molecular formula is C10H14ClN3O. The Morgan fingerprint density at radius 2 is 2.20 bits per heavy atom. The molecule has 0 aliphatic rings. The zero-order valence-corrected chi connectivity index (χ0v) is 9.75. The number of nitrogens with zero attached hydrogens (tertiary/aromatic N) is 2. The molecule has 0 fully saturated rings. The molecule has 1 rings (SSSR count). The van der Waals surface area contributed by atoms with Crippen LogP contribution in [0.25, 0.3) is 0 Å². The SMILES string of the molecule is CC(Cl)C(=O)Nc1ccc(N(C)C)nc1. The van der Waals surface area contributed by atoms with E-state index in [0.717, 1.165) is 5.82 Å². The van der Waals surface area contributed by atoms with Crippen molar-refractivity contribution in [1.29, 1.82) is 0 Å². The third-order valence-electron chi connectivity index (χ3n) is 1.83. The van der Waals surface area contributed by atoms with E-state index in [0.29, 0.717) is 5.69 Å². The maximum absolute atomic E-state index is 11.2. The first-order valence-electron chi connectivity index (χ1n) is 4.59. The van der Waals surface area contributed by atoms with Crippen LogP contribution in [0.5, 0.6) is 0 Å². The van der Waals surface area contributed by atoms with Gasteiger partial charge in [-0.05, 0) is 19.1 Å². The number of alkyl halides is 1. The van der Waals surface area contributed by atoms with Gasteiger partial charge in [-0.3, -0.25) is 4.79 Å². The molecule has 0 bridgehead atoms. The normalized spacial score (nSPS) is 12.0. The molecule has 1 atom stereocenters. The lowest BCUT2D eigenvalue weighted by molar-refractivity contribution is -0.115. The molecular weight excluding hydrogens is 214 g/mol. The monoisotopic (exact) mass is 227 g/mol. The number of anilines is 2. The van der Waals surface area contributed by atoms with Gasteiger partial charge in [-0.2, -0.15) is 0 Å². The number of pyridine rings is 1. The van der Waals surface area contributed by atoms with E-state index in [1.807, 2.05) is 25.1 Å². The summed E-state index contributed by atoms with van der Waals surface area (Å²) in [6, 6.07) is 3.62. The highest BCUT2D eigenvalue weighted by molar-refractivity contribution is 6.32. The Balaban J connectivity index is 2.69. The van der Waals surface area contributed by atoms with Crippen molar-refractivity contribution in [3.63, 3.8) is 0 Å². The lowest BCUT2D eigenvalue weighted by Gasteiger charge is -2.11. The summed E-state index contributed by atoms with van der Waals surface area (Å²) in [6.07, 6.45) is 1.60. The number of carbonyl (C=O) groups is 1. The second-order valence-electron chi connectivity index (χ2n) is 3.40. The molecule has 82 valence electrons. The van der Waals surface area contributed by atoms with Crippen LogP contribution in [0, 0.1) is 0 Å². The average Bonchev–Trinajstić information content (AvgIpc) is 2.18. The first kappa shape index (κ1) is 11.8. The molecule has 1 amide bonds. The van der Waals surface area contributed by atoms with Gasteiger partial charge < -0.3 is 10.2 Å². The number of amides is 1.